The maximum absolute atomic E-state index is 2.58. The van der Waals surface area contributed by atoms with Gasteiger partial charge in [-0.05, 0) is 123 Å². The number of rotatable bonds is 4. The van der Waals surface area contributed by atoms with Crippen LogP contribution >= 0.6 is 0 Å². The van der Waals surface area contributed by atoms with Gasteiger partial charge >= 0.3 is 0 Å². The molecule has 0 amide bonds. The van der Waals surface area contributed by atoms with Crippen molar-refractivity contribution in [1.29, 1.82) is 0 Å². The molecule has 2 unspecified atom stereocenters. The van der Waals surface area contributed by atoms with E-state index in [0.717, 1.165) is 6.42 Å². The lowest BCUT2D eigenvalue weighted by Gasteiger charge is -2.28. The van der Waals surface area contributed by atoms with Gasteiger partial charge in [0.2, 0.25) is 0 Å². The molecule has 2 aliphatic carbocycles. The van der Waals surface area contributed by atoms with Crippen molar-refractivity contribution in [3.05, 3.63) is 167 Å². The van der Waals surface area contributed by atoms with Gasteiger partial charge in [0, 0.05) is 16.7 Å². The molecule has 0 nitrogen and oxygen atoms in total. The average Bonchev–Trinajstić information content (AvgIpc) is 3.53. The minimum absolute atomic E-state index is 0.0518. The second-order valence-corrected chi connectivity index (χ2v) is 16.5. The van der Waals surface area contributed by atoms with Gasteiger partial charge in [0.25, 0.3) is 0 Å². The van der Waals surface area contributed by atoms with Crippen molar-refractivity contribution in [2.24, 2.45) is 5.92 Å². The Hall–Kier alpha value is -5.20. The van der Waals surface area contributed by atoms with E-state index in [0.29, 0.717) is 11.8 Å². The summed E-state index contributed by atoms with van der Waals surface area (Å²) < 4.78 is 0. The molecule has 0 saturated heterocycles. The van der Waals surface area contributed by atoms with Crippen molar-refractivity contribution in [1.82, 2.24) is 0 Å². The highest BCUT2D eigenvalue weighted by molar-refractivity contribution is 6.25. The molecule has 0 N–H and O–H groups in total. The van der Waals surface area contributed by atoms with Crippen LogP contribution in [-0.2, 0) is 10.8 Å². The predicted octanol–water partition coefficient (Wildman–Crippen LogP) is 14.1. The Morgan fingerprint density at radius 2 is 0.941 bits per heavy atom. The summed E-state index contributed by atoms with van der Waals surface area (Å²) in [6, 6.07) is 51.4. The number of benzene rings is 8. The van der Waals surface area contributed by atoms with Gasteiger partial charge in [0.05, 0.1) is 0 Å². The van der Waals surface area contributed by atoms with Crippen LogP contribution in [0.1, 0.15) is 87.3 Å². The van der Waals surface area contributed by atoms with Crippen LogP contribution in [0.25, 0.3) is 65.3 Å². The van der Waals surface area contributed by atoms with Gasteiger partial charge in [0.1, 0.15) is 0 Å². The Kier molecular flexibility index (Phi) is 6.40. The SMILES string of the molecule is CCC(C)C(c1ccc2c(c1)C(C)(C)c1cc3c(cc1-2)C(C)(C)c1ccc2ccccc2c1-3)c1ccc2c3ccccc3c3ccccc3c2c1. The summed E-state index contributed by atoms with van der Waals surface area (Å²) in [6.07, 6.45) is 1.12. The molecule has 8 aromatic rings. The van der Waals surface area contributed by atoms with Crippen LogP contribution in [0.5, 0.6) is 0 Å². The molecule has 0 aromatic heterocycles. The summed E-state index contributed by atoms with van der Waals surface area (Å²) in [6.45, 7) is 14.5. The molecular formula is C51H44. The predicted molar refractivity (Wildman–Crippen MR) is 219 cm³/mol. The molecule has 0 saturated carbocycles. The van der Waals surface area contributed by atoms with Crippen LogP contribution in [-0.4, -0.2) is 0 Å². The highest BCUT2D eigenvalue weighted by Crippen LogP contribution is 2.57. The van der Waals surface area contributed by atoms with Crippen LogP contribution < -0.4 is 0 Å². The number of hydrogen-bond acceptors (Lipinski definition) is 0. The van der Waals surface area contributed by atoms with E-state index < -0.39 is 0 Å². The molecule has 8 aromatic carbocycles. The van der Waals surface area contributed by atoms with Crippen molar-refractivity contribution in [2.75, 3.05) is 0 Å². The van der Waals surface area contributed by atoms with E-state index in [-0.39, 0.29) is 10.8 Å². The van der Waals surface area contributed by atoms with Gasteiger partial charge in [0.15, 0.2) is 0 Å². The zero-order valence-electron chi connectivity index (χ0n) is 30.6. The Labute approximate surface area is 301 Å². The second-order valence-electron chi connectivity index (χ2n) is 16.5. The van der Waals surface area contributed by atoms with Crippen LogP contribution in [0.4, 0.5) is 0 Å². The maximum atomic E-state index is 2.58. The Morgan fingerprint density at radius 3 is 1.63 bits per heavy atom. The van der Waals surface area contributed by atoms with Crippen molar-refractivity contribution in [2.45, 2.75) is 64.7 Å². The third kappa shape index (κ3) is 4.14. The van der Waals surface area contributed by atoms with Gasteiger partial charge < -0.3 is 0 Å². The van der Waals surface area contributed by atoms with E-state index in [1.54, 1.807) is 0 Å². The molecule has 0 heteroatoms. The monoisotopic (exact) mass is 656 g/mol. The molecule has 0 fully saturated rings. The first kappa shape index (κ1) is 30.6. The summed E-state index contributed by atoms with van der Waals surface area (Å²) in [4.78, 5) is 0. The van der Waals surface area contributed by atoms with Crippen LogP contribution in [0.3, 0.4) is 0 Å². The smallest absolute Gasteiger partial charge is 0.0159 e. The van der Waals surface area contributed by atoms with Gasteiger partial charge in [-0.1, -0.05) is 163 Å². The first-order valence-corrected chi connectivity index (χ1v) is 18.9. The Balaban J connectivity index is 1.14. The number of fused-ring (bicyclic) bond motifs is 14. The molecule has 2 atom stereocenters. The Bertz CT molecular complexity index is 2720. The zero-order chi connectivity index (χ0) is 34.8. The molecule has 0 heterocycles. The van der Waals surface area contributed by atoms with Gasteiger partial charge in [-0.2, -0.15) is 0 Å². The first-order chi connectivity index (χ1) is 24.7. The fraction of sp³-hybridized carbons (Fsp3) is 0.216. The standard InChI is InChI=1S/C51H44/c1-7-30(2)48(32-20-23-39-37-18-11-10-16-35(37)36-17-12-13-19-38(36)41(39)26-32)33-21-24-40-42-28-47-43(29-46(42)51(5,6)45(40)27-33)49-34-15-9-8-14-31(34)22-25-44(49)50(47,3)4/h8-30,48H,7H2,1-6H3. The van der Waals surface area contributed by atoms with Crippen molar-refractivity contribution in [3.63, 3.8) is 0 Å². The molecule has 2 aliphatic rings. The van der Waals surface area contributed by atoms with Gasteiger partial charge in [-0.3, -0.25) is 0 Å². The largest absolute Gasteiger partial charge is 0.0651 e. The maximum Gasteiger partial charge on any atom is 0.0159 e. The zero-order valence-corrected chi connectivity index (χ0v) is 30.6. The fourth-order valence-corrected chi connectivity index (χ4v) is 10.1. The van der Waals surface area contributed by atoms with Crippen molar-refractivity contribution >= 4 is 43.1 Å². The van der Waals surface area contributed by atoms with Crippen LogP contribution in [0, 0.1) is 5.92 Å². The van der Waals surface area contributed by atoms with E-state index >= 15 is 0 Å². The van der Waals surface area contributed by atoms with Crippen LogP contribution in [0.15, 0.2) is 133 Å². The van der Waals surface area contributed by atoms with E-state index in [4.69, 9.17) is 0 Å². The van der Waals surface area contributed by atoms with E-state index in [1.807, 2.05) is 0 Å². The van der Waals surface area contributed by atoms with E-state index in [9.17, 15) is 0 Å². The first-order valence-electron chi connectivity index (χ1n) is 18.9. The average molecular weight is 657 g/mol. The minimum Gasteiger partial charge on any atom is -0.0651 e. The fourth-order valence-electron chi connectivity index (χ4n) is 10.1. The highest BCUT2D eigenvalue weighted by Gasteiger charge is 2.42. The molecular weight excluding hydrogens is 613 g/mol. The number of hydrogen-bond donors (Lipinski definition) is 0. The molecule has 248 valence electrons. The quantitative estimate of drug-likeness (QED) is 0.165. The van der Waals surface area contributed by atoms with Crippen molar-refractivity contribution in [3.8, 4) is 22.3 Å². The topological polar surface area (TPSA) is 0 Å². The molecule has 10 rings (SSSR count). The summed E-state index contributed by atoms with van der Waals surface area (Å²) in [7, 11) is 0. The second kappa shape index (κ2) is 10.7. The molecule has 51 heavy (non-hydrogen) atoms. The normalized spacial score (nSPS) is 16.3. The lowest BCUT2D eigenvalue weighted by atomic mass is 9.76. The third-order valence-electron chi connectivity index (χ3n) is 13.1. The van der Waals surface area contributed by atoms with E-state index in [2.05, 4.69) is 175 Å². The van der Waals surface area contributed by atoms with Crippen LogP contribution in [0.2, 0.25) is 0 Å². The Morgan fingerprint density at radius 1 is 0.431 bits per heavy atom. The molecule has 0 aliphatic heterocycles. The minimum atomic E-state index is -0.105. The summed E-state index contributed by atoms with van der Waals surface area (Å²) in [5.74, 6) is 0.796. The lowest BCUT2D eigenvalue weighted by molar-refractivity contribution is 0.496. The molecule has 0 bridgehead atoms. The lowest BCUT2D eigenvalue weighted by Crippen LogP contribution is -2.18. The summed E-state index contributed by atoms with van der Waals surface area (Å²) in [5, 5.41) is 10.7. The van der Waals surface area contributed by atoms with Gasteiger partial charge in [-0.25, -0.2) is 0 Å². The van der Waals surface area contributed by atoms with E-state index in [1.165, 1.54) is 98.7 Å². The summed E-state index contributed by atoms with van der Waals surface area (Å²) >= 11 is 0. The summed E-state index contributed by atoms with van der Waals surface area (Å²) in [5.41, 5.74) is 14.1. The van der Waals surface area contributed by atoms with Gasteiger partial charge in [-0.15, -0.1) is 0 Å². The highest BCUT2D eigenvalue weighted by atomic mass is 14.5. The third-order valence-corrected chi connectivity index (χ3v) is 13.1. The molecule has 0 spiro atoms. The molecule has 0 radical (unpaired) electrons. The van der Waals surface area contributed by atoms with Crippen molar-refractivity contribution < 1.29 is 0 Å².